The van der Waals surface area contributed by atoms with Crippen molar-refractivity contribution < 1.29 is 4.39 Å². The van der Waals surface area contributed by atoms with Gasteiger partial charge in [0.15, 0.2) is 11.5 Å². The molecule has 9 nitrogen and oxygen atoms in total. The van der Waals surface area contributed by atoms with Crippen molar-refractivity contribution >= 4 is 27.8 Å². The number of anilines is 1. The highest BCUT2D eigenvalue weighted by atomic mass is 19.1. The van der Waals surface area contributed by atoms with Gasteiger partial charge in [0.2, 0.25) is 0 Å². The minimum Gasteiger partial charge on any atom is -0.384 e. The first-order valence-electron chi connectivity index (χ1n) is 15.2. The normalized spacial score (nSPS) is 14.2. The number of halogens is 1. The van der Waals surface area contributed by atoms with Gasteiger partial charge in [-0.3, -0.25) is 15.0 Å². The predicted molar refractivity (Wildman–Crippen MR) is 174 cm³/mol. The lowest BCUT2D eigenvalue weighted by molar-refractivity contribution is 0.220. The second-order valence-electron chi connectivity index (χ2n) is 11.9. The van der Waals surface area contributed by atoms with Gasteiger partial charge in [0.25, 0.3) is 0 Å². The Morgan fingerprint density at radius 3 is 2.68 bits per heavy atom. The van der Waals surface area contributed by atoms with Crippen LogP contribution in [-0.2, 0) is 6.54 Å². The number of piperidine rings is 1. The topological polar surface area (TPSA) is 102 Å². The standard InChI is InChI=1S/C34H36FN9/c1-43(2)12-9-37-27-15-23(14-26(35)17-27)28-7-6-8-30-31(28)40-34(39-30)32-29-16-25(20-38-33(29)42-41-32)24-13-22(18-36-19-24)21-44-10-4-3-5-11-44/h6-8,13-20,37H,3-5,9-12,21H2,1-2H3,(H,39,40)(H,38,41,42). The molecule has 0 unspecified atom stereocenters. The van der Waals surface area contributed by atoms with Crippen LogP contribution in [-0.4, -0.2) is 80.2 Å². The minimum atomic E-state index is -0.297. The van der Waals surface area contributed by atoms with E-state index in [1.165, 1.54) is 30.9 Å². The molecule has 2 aromatic carbocycles. The number of nitrogens with zero attached hydrogens (tertiary/aromatic N) is 6. The van der Waals surface area contributed by atoms with Gasteiger partial charge in [-0.05, 0) is 87.6 Å². The molecule has 0 radical (unpaired) electrons. The number of hydrogen-bond acceptors (Lipinski definition) is 7. The summed E-state index contributed by atoms with van der Waals surface area (Å²) in [5.41, 5.74) is 8.49. The summed E-state index contributed by atoms with van der Waals surface area (Å²) in [5.74, 6) is 0.323. The third kappa shape index (κ3) is 5.91. The highest BCUT2D eigenvalue weighted by molar-refractivity contribution is 5.97. The maximum Gasteiger partial charge on any atom is 0.159 e. The summed E-state index contributed by atoms with van der Waals surface area (Å²) in [6, 6.07) is 15.2. The van der Waals surface area contributed by atoms with E-state index in [9.17, 15) is 4.39 Å². The Balaban J connectivity index is 1.21. The van der Waals surface area contributed by atoms with Crippen LogP contribution >= 0.6 is 0 Å². The smallest absolute Gasteiger partial charge is 0.159 e. The maximum atomic E-state index is 14.7. The zero-order valence-corrected chi connectivity index (χ0v) is 25.1. The second-order valence-corrected chi connectivity index (χ2v) is 11.9. The molecule has 3 N–H and O–H groups in total. The summed E-state index contributed by atoms with van der Waals surface area (Å²) in [5, 5.41) is 11.8. The Hall–Kier alpha value is -4.67. The molecule has 0 bridgehead atoms. The van der Waals surface area contributed by atoms with E-state index in [0.717, 1.165) is 70.5 Å². The molecule has 0 saturated carbocycles. The first kappa shape index (κ1) is 28.1. The molecule has 6 aromatic rings. The number of H-pyrrole nitrogens is 2. The lowest BCUT2D eigenvalue weighted by Gasteiger charge is -2.26. The highest BCUT2D eigenvalue weighted by Crippen LogP contribution is 2.34. The molecule has 10 heteroatoms. The zero-order chi connectivity index (χ0) is 30.0. The quantitative estimate of drug-likeness (QED) is 0.181. The van der Waals surface area contributed by atoms with Crippen LogP contribution in [0.25, 0.3) is 55.8 Å². The SMILES string of the molecule is CN(C)CCNc1cc(F)cc(-c2cccc3[nH]c(-c4n[nH]c5ncc(-c6cncc(CN7CCCCC7)c6)cc45)nc23)c1. The molecule has 1 fully saturated rings. The molecule has 4 aromatic heterocycles. The van der Waals surface area contributed by atoms with E-state index in [4.69, 9.17) is 4.98 Å². The number of likely N-dealkylation sites (N-methyl/N-ethyl adjacent to an activating group) is 1. The lowest BCUT2D eigenvalue weighted by Crippen LogP contribution is -2.29. The third-order valence-electron chi connectivity index (χ3n) is 8.23. The van der Waals surface area contributed by atoms with Crippen molar-refractivity contribution in [2.24, 2.45) is 0 Å². The number of aromatic nitrogens is 6. The average molecular weight is 590 g/mol. The number of aromatic amines is 2. The Bertz CT molecular complexity index is 1920. The lowest BCUT2D eigenvalue weighted by atomic mass is 10.0. The van der Waals surface area contributed by atoms with Gasteiger partial charge in [-0.15, -0.1) is 0 Å². The number of para-hydroxylation sites is 1. The Labute approximate surface area is 255 Å². The summed E-state index contributed by atoms with van der Waals surface area (Å²) in [4.78, 5) is 22.2. The molecule has 1 aliphatic rings. The van der Waals surface area contributed by atoms with Gasteiger partial charge >= 0.3 is 0 Å². The minimum absolute atomic E-state index is 0.297. The monoisotopic (exact) mass is 589 g/mol. The number of likely N-dealkylation sites (tertiary alicyclic amines) is 1. The van der Waals surface area contributed by atoms with Crippen LogP contribution < -0.4 is 5.32 Å². The Morgan fingerprint density at radius 2 is 1.82 bits per heavy atom. The largest absolute Gasteiger partial charge is 0.384 e. The summed E-state index contributed by atoms with van der Waals surface area (Å²) < 4.78 is 14.7. The Morgan fingerprint density at radius 1 is 0.955 bits per heavy atom. The van der Waals surface area contributed by atoms with Crippen LogP contribution in [0, 0.1) is 5.82 Å². The van der Waals surface area contributed by atoms with Gasteiger partial charge in [0.1, 0.15) is 11.5 Å². The number of imidazole rings is 1. The molecule has 0 atom stereocenters. The summed E-state index contributed by atoms with van der Waals surface area (Å²) in [7, 11) is 4.03. The van der Waals surface area contributed by atoms with E-state index in [-0.39, 0.29) is 5.82 Å². The predicted octanol–water partition coefficient (Wildman–Crippen LogP) is 6.33. The average Bonchev–Trinajstić information content (AvgIpc) is 3.65. The molecular formula is C34H36FN9. The molecule has 0 aliphatic carbocycles. The van der Waals surface area contributed by atoms with Crippen LogP contribution in [0.5, 0.6) is 0 Å². The zero-order valence-electron chi connectivity index (χ0n) is 25.1. The molecular weight excluding hydrogens is 553 g/mol. The van der Waals surface area contributed by atoms with Crippen LogP contribution in [0.3, 0.4) is 0 Å². The molecule has 7 rings (SSSR count). The van der Waals surface area contributed by atoms with Crippen molar-refractivity contribution in [3.8, 4) is 33.8 Å². The molecule has 1 saturated heterocycles. The van der Waals surface area contributed by atoms with Crippen molar-refractivity contribution in [3.05, 3.63) is 78.5 Å². The fourth-order valence-electron chi connectivity index (χ4n) is 6.00. The first-order valence-corrected chi connectivity index (χ1v) is 15.2. The highest BCUT2D eigenvalue weighted by Gasteiger charge is 2.18. The summed E-state index contributed by atoms with van der Waals surface area (Å²) in [6.07, 6.45) is 9.55. The van der Waals surface area contributed by atoms with Gasteiger partial charge in [-0.2, -0.15) is 5.10 Å². The summed E-state index contributed by atoms with van der Waals surface area (Å²) in [6.45, 7) is 4.76. The van der Waals surface area contributed by atoms with Crippen molar-refractivity contribution in [1.82, 2.24) is 39.9 Å². The van der Waals surface area contributed by atoms with E-state index < -0.39 is 0 Å². The second kappa shape index (κ2) is 12.1. The van der Waals surface area contributed by atoms with Crippen LogP contribution in [0.2, 0.25) is 0 Å². The van der Waals surface area contributed by atoms with E-state index in [2.05, 4.69) is 52.4 Å². The van der Waals surface area contributed by atoms with E-state index in [1.54, 1.807) is 6.07 Å². The number of fused-ring (bicyclic) bond motifs is 2. The van der Waals surface area contributed by atoms with Crippen LogP contribution in [0.4, 0.5) is 10.1 Å². The van der Waals surface area contributed by atoms with Gasteiger partial charge in [-0.1, -0.05) is 18.6 Å². The molecule has 5 heterocycles. The Kier molecular flexibility index (Phi) is 7.76. The van der Waals surface area contributed by atoms with Crippen LogP contribution in [0.15, 0.2) is 67.1 Å². The van der Waals surface area contributed by atoms with Crippen molar-refractivity contribution in [2.45, 2.75) is 25.8 Å². The number of rotatable bonds is 9. The molecule has 44 heavy (non-hydrogen) atoms. The van der Waals surface area contributed by atoms with Gasteiger partial charge < -0.3 is 15.2 Å². The van der Waals surface area contributed by atoms with Crippen molar-refractivity contribution in [1.29, 1.82) is 0 Å². The number of pyridine rings is 2. The molecule has 0 spiro atoms. The fourth-order valence-corrected chi connectivity index (χ4v) is 6.00. The van der Waals surface area contributed by atoms with Crippen molar-refractivity contribution in [2.75, 3.05) is 45.6 Å². The van der Waals surface area contributed by atoms with E-state index in [1.807, 2.05) is 57.0 Å². The molecule has 1 aliphatic heterocycles. The molecule has 0 amide bonds. The van der Waals surface area contributed by atoms with Gasteiger partial charge in [0.05, 0.1) is 16.4 Å². The first-order chi connectivity index (χ1) is 21.5. The van der Waals surface area contributed by atoms with Gasteiger partial charge in [-0.25, -0.2) is 14.4 Å². The maximum absolute atomic E-state index is 14.7. The number of hydrogen-bond donors (Lipinski definition) is 3. The summed E-state index contributed by atoms with van der Waals surface area (Å²) >= 11 is 0. The van der Waals surface area contributed by atoms with Gasteiger partial charge in [0, 0.05) is 60.6 Å². The third-order valence-corrected chi connectivity index (χ3v) is 8.23. The molecule has 224 valence electrons. The number of benzene rings is 2. The fraction of sp³-hybridized carbons (Fsp3) is 0.294. The van der Waals surface area contributed by atoms with Crippen LogP contribution in [0.1, 0.15) is 24.8 Å². The van der Waals surface area contributed by atoms with Crippen molar-refractivity contribution in [3.63, 3.8) is 0 Å². The number of nitrogens with one attached hydrogen (secondary N) is 3. The van der Waals surface area contributed by atoms with E-state index in [0.29, 0.717) is 23.7 Å². The van der Waals surface area contributed by atoms with E-state index >= 15 is 0 Å².